The van der Waals surface area contributed by atoms with E-state index in [0.29, 0.717) is 34.5 Å². The Labute approximate surface area is 162 Å². The quantitative estimate of drug-likeness (QED) is 0.608. The van der Waals surface area contributed by atoms with Gasteiger partial charge in [-0.15, -0.1) is 0 Å². The Bertz CT molecular complexity index is 1050. The lowest BCUT2D eigenvalue weighted by Crippen LogP contribution is -2.21. The molecule has 0 saturated carbocycles. The number of methoxy groups -OCH3 is 2. The number of halogens is 4. The Kier molecular flexibility index (Phi) is 4.40. The second kappa shape index (κ2) is 6.68. The van der Waals surface area contributed by atoms with Gasteiger partial charge in [0.2, 0.25) is 0 Å². The van der Waals surface area contributed by atoms with Crippen molar-refractivity contribution < 1.29 is 36.6 Å². The number of hydrogen-bond donors (Lipinski definition) is 1. The minimum Gasteiger partial charge on any atom is -0.493 e. The monoisotopic (exact) mass is 409 g/mol. The molecule has 0 fully saturated rings. The molecule has 1 N–H and O–H groups in total. The van der Waals surface area contributed by atoms with Gasteiger partial charge in [0.05, 0.1) is 31.1 Å². The molecule has 0 spiro atoms. The molecule has 2 aromatic rings. The van der Waals surface area contributed by atoms with Gasteiger partial charge in [-0.05, 0) is 29.8 Å². The smallest absolute Gasteiger partial charge is 0.416 e. The zero-order valence-electron chi connectivity index (χ0n) is 15.3. The molecule has 0 aromatic heterocycles. The average molecular weight is 409 g/mol. The van der Waals surface area contributed by atoms with Crippen LogP contribution >= 0.6 is 0 Å². The third kappa shape index (κ3) is 3.06. The van der Waals surface area contributed by atoms with E-state index in [0.717, 1.165) is 12.1 Å². The molecule has 152 valence electrons. The summed E-state index contributed by atoms with van der Waals surface area (Å²) in [4.78, 5) is 12.4. The van der Waals surface area contributed by atoms with Crippen LogP contribution in [-0.4, -0.2) is 26.8 Å². The molecule has 0 aliphatic carbocycles. The van der Waals surface area contributed by atoms with E-state index in [1.54, 1.807) is 6.07 Å². The number of alkyl halides is 3. The minimum absolute atomic E-state index is 0.0722. The Morgan fingerprint density at radius 3 is 2.41 bits per heavy atom. The fourth-order valence-electron chi connectivity index (χ4n) is 3.64. The minimum atomic E-state index is -4.66. The normalized spacial score (nSPS) is 18.0. The summed E-state index contributed by atoms with van der Waals surface area (Å²) >= 11 is 0. The van der Waals surface area contributed by atoms with Crippen molar-refractivity contribution >= 4 is 11.7 Å². The fourth-order valence-corrected chi connectivity index (χ4v) is 3.64. The standard InChI is InChI=1S/C20H15F4NO4/c1-27-15-6-11-13(7-16(15)28-2)25-14-8-29-19(26)18(14)17(11)10-5-9(20(22,23)24)3-4-12(10)21/h3-7,17,25H,8H2,1-2H3/t17-/m1/s1. The number of anilines is 1. The van der Waals surface area contributed by atoms with Crippen molar-refractivity contribution in [3.8, 4) is 11.5 Å². The van der Waals surface area contributed by atoms with Gasteiger partial charge < -0.3 is 19.5 Å². The molecule has 2 aliphatic rings. The number of nitrogens with one attached hydrogen (secondary N) is 1. The van der Waals surface area contributed by atoms with Crippen LogP contribution in [0.1, 0.15) is 22.6 Å². The van der Waals surface area contributed by atoms with Crippen LogP contribution in [0.25, 0.3) is 0 Å². The van der Waals surface area contributed by atoms with Crippen molar-refractivity contribution in [1.82, 2.24) is 0 Å². The van der Waals surface area contributed by atoms with Crippen LogP contribution in [0.2, 0.25) is 0 Å². The van der Waals surface area contributed by atoms with E-state index in [1.807, 2.05) is 0 Å². The van der Waals surface area contributed by atoms with E-state index in [2.05, 4.69) is 5.32 Å². The van der Waals surface area contributed by atoms with Gasteiger partial charge >= 0.3 is 12.1 Å². The zero-order valence-corrected chi connectivity index (χ0v) is 15.3. The molecule has 1 atom stereocenters. The van der Waals surface area contributed by atoms with Crippen molar-refractivity contribution in [3.63, 3.8) is 0 Å². The predicted molar refractivity (Wildman–Crippen MR) is 94.4 cm³/mol. The number of fused-ring (bicyclic) bond motifs is 1. The van der Waals surface area contributed by atoms with Crippen molar-refractivity contribution in [2.24, 2.45) is 0 Å². The summed E-state index contributed by atoms with van der Waals surface area (Å²) in [5.74, 6) is -2.01. The van der Waals surface area contributed by atoms with Crippen LogP contribution in [0.5, 0.6) is 11.5 Å². The van der Waals surface area contributed by atoms with Crippen LogP contribution in [0.4, 0.5) is 23.2 Å². The molecule has 2 aliphatic heterocycles. The zero-order chi connectivity index (χ0) is 20.9. The van der Waals surface area contributed by atoms with Crippen molar-refractivity contribution in [1.29, 1.82) is 0 Å². The fraction of sp³-hybridized carbons (Fsp3) is 0.250. The number of carbonyl (C=O) groups excluding carboxylic acids is 1. The summed E-state index contributed by atoms with van der Waals surface area (Å²) in [5, 5.41) is 3.03. The number of cyclic esters (lactones) is 1. The van der Waals surface area contributed by atoms with Gasteiger partial charge in [0, 0.05) is 23.2 Å². The van der Waals surface area contributed by atoms with Gasteiger partial charge in [-0.3, -0.25) is 0 Å². The number of esters is 1. The summed E-state index contributed by atoms with van der Waals surface area (Å²) in [6.45, 7) is -0.0843. The van der Waals surface area contributed by atoms with Crippen LogP contribution in [0.15, 0.2) is 41.6 Å². The molecule has 29 heavy (non-hydrogen) atoms. The Balaban J connectivity index is 1.98. The molecule has 9 heteroatoms. The lowest BCUT2D eigenvalue weighted by Gasteiger charge is -2.29. The average Bonchev–Trinajstić information content (AvgIpc) is 3.05. The highest BCUT2D eigenvalue weighted by molar-refractivity contribution is 5.97. The first kappa shape index (κ1) is 19.1. The summed E-state index contributed by atoms with van der Waals surface area (Å²) < 4.78 is 70.1. The SMILES string of the molecule is COc1cc2c(cc1OC)[C@@H](c1cc(C(F)(F)F)ccc1F)C1=C(COC1=O)N2. The molecule has 4 rings (SSSR count). The van der Waals surface area contributed by atoms with Crippen molar-refractivity contribution in [2.75, 3.05) is 26.1 Å². The van der Waals surface area contributed by atoms with Gasteiger partial charge in [0.15, 0.2) is 11.5 Å². The maximum atomic E-state index is 14.7. The van der Waals surface area contributed by atoms with E-state index in [1.165, 1.54) is 20.3 Å². The van der Waals surface area contributed by atoms with Gasteiger partial charge in [0.25, 0.3) is 0 Å². The molecular weight excluding hydrogens is 394 g/mol. The Hall–Kier alpha value is -3.23. The third-order valence-corrected chi connectivity index (χ3v) is 4.97. The summed E-state index contributed by atoms with van der Waals surface area (Å²) in [6, 6.07) is 5.24. The molecule has 0 bridgehead atoms. The number of rotatable bonds is 3. The van der Waals surface area contributed by atoms with E-state index in [9.17, 15) is 22.4 Å². The van der Waals surface area contributed by atoms with E-state index < -0.39 is 29.4 Å². The number of ether oxygens (including phenoxy) is 3. The second-order valence-electron chi connectivity index (χ2n) is 6.55. The topological polar surface area (TPSA) is 56.8 Å². The third-order valence-electron chi connectivity index (χ3n) is 4.97. The van der Waals surface area contributed by atoms with Crippen LogP contribution < -0.4 is 14.8 Å². The summed E-state index contributed by atoms with van der Waals surface area (Å²) in [6.07, 6.45) is -4.66. The van der Waals surface area contributed by atoms with Crippen molar-refractivity contribution in [2.45, 2.75) is 12.1 Å². The lowest BCUT2D eigenvalue weighted by atomic mass is 9.80. The highest BCUT2D eigenvalue weighted by Crippen LogP contribution is 2.49. The number of carbonyl (C=O) groups is 1. The largest absolute Gasteiger partial charge is 0.493 e. The molecule has 0 radical (unpaired) electrons. The maximum Gasteiger partial charge on any atom is 0.416 e. The summed E-state index contributed by atoms with van der Waals surface area (Å²) in [7, 11) is 2.83. The van der Waals surface area contributed by atoms with E-state index in [4.69, 9.17) is 14.2 Å². The molecular formula is C20H15F4NO4. The predicted octanol–water partition coefficient (Wildman–Crippen LogP) is 4.23. The highest BCUT2D eigenvalue weighted by atomic mass is 19.4. The molecule has 0 unspecified atom stereocenters. The number of benzene rings is 2. The van der Waals surface area contributed by atoms with Gasteiger partial charge in [-0.2, -0.15) is 13.2 Å². The van der Waals surface area contributed by atoms with Crippen LogP contribution in [-0.2, 0) is 15.7 Å². The maximum absolute atomic E-state index is 14.7. The second-order valence-corrected chi connectivity index (χ2v) is 6.55. The van der Waals surface area contributed by atoms with Crippen LogP contribution in [0, 0.1) is 5.82 Å². The molecule has 2 aromatic carbocycles. The van der Waals surface area contributed by atoms with Crippen molar-refractivity contribution in [3.05, 3.63) is 64.1 Å². The molecule has 0 saturated heterocycles. The first-order valence-electron chi connectivity index (χ1n) is 8.54. The van der Waals surface area contributed by atoms with Crippen LogP contribution in [0.3, 0.4) is 0 Å². The first-order chi connectivity index (χ1) is 13.7. The molecule has 0 amide bonds. The lowest BCUT2D eigenvalue weighted by molar-refractivity contribution is -0.137. The Morgan fingerprint density at radius 1 is 1.07 bits per heavy atom. The Morgan fingerprint density at radius 2 is 1.76 bits per heavy atom. The molecule has 5 nitrogen and oxygen atoms in total. The molecule has 2 heterocycles. The van der Waals surface area contributed by atoms with Gasteiger partial charge in [0.1, 0.15) is 12.4 Å². The van der Waals surface area contributed by atoms with E-state index in [-0.39, 0.29) is 17.7 Å². The summed E-state index contributed by atoms with van der Waals surface area (Å²) in [5.41, 5.74) is -0.0106. The highest BCUT2D eigenvalue weighted by Gasteiger charge is 2.41. The van der Waals surface area contributed by atoms with Gasteiger partial charge in [-0.1, -0.05) is 0 Å². The van der Waals surface area contributed by atoms with Gasteiger partial charge in [-0.25, -0.2) is 9.18 Å². The number of hydrogen-bond acceptors (Lipinski definition) is 5. The van der Waals surface area contributed by atoms with E-state index >= 15 is 0 Å². The first-order valence-corrected chi connectivity index (χ1v) is 8.54.